The number of anilines is 1. The summed E-state index contributed by atoms with van der Waals surface area (Å²) in [6, 6.07) is 7.33. The molecule has 0 saturated heterocycles. The largest absolute Gasteiger partial charge is 0.358 e. The molecule has 0 aliphatic rings. The molecule has 0 aliphatic heterocycles. The van der Waals surface area contributed by atoms with Crippen molar-refractivity contribution in [3.8, 4) is 0 Å². The van der Waals surface area contributed by atoms with Crippen LogP contribution in [0.3, 0.4) is 0 Å². The summed E-state index contributed by atoms with van der Waals surface area (Å²) in [5.41, 5.74) is 1.57. The van der Waals surface area contributed by atoms with Gasteiger partial charge in [0.2, 0.25) is 0 Å². The Kier molecular flexibility index (Phi) is 6.45. The number of hydrogen-bond acceptors (Lipinski definition) is 4. The second kappa shape index (κ2) is 7.35. The normalized spacial score (nSPS) is 13.2. The minimum atomic E-state index is -3.57. The quantitative estimate of drug-likeness (QED) is 0.508. The van der Waals surface area contributed by atoms with Crippen LogP contribution in [0.1, 0.15) is 54.0 Å². The topological polar surface area (TPSA) is 58.7 Å². The van der Waals surface area contributed by atoms with E-state index in [9.17, 15) is 9.77 Å². The Morgan fingerprint density at radius 1 is 0.957 bits per heavy atom. The second-order valence-electron chi connectivity index (χ2n) is 6.92. The Bertz CT molecular complexity index is 539. The van der Waals surface area contributed by atoms with Gasteiger partial charge in [-0.15, -0.1) is 0 Å². The Morgan fingerprint density at radius 3 is 1.74 bits per heavy atom. The third kappa shape index (κ3) is 4.36. The van der Waals surface area contributed by atoms with Gasteiger partial charge in [-0.2, -0.15) is 0 Å². The summed E-state index contributed by atoms with van der Waals surface area (Å²) >= 11 is 0. The lowest BCUT2D eigenvalue weighted by Gasteiger charge is -2.37. The summed E-state index contributed by atoms with van der Waals surface area (Å²) in [5.74, 6) is 0. The zero-order chi connectivity index (χ0) is 17.9. The molecule has 0 unspecified atom stereocenters. The van der Waals surface area contributed by atoms with E-state index in [0.29, 0.717) is 5.69 Å². The van der Waals surface area contributed by atoms with Gasteiger partial charge in [0, 0.05) is 0 Å². The lowest BCUT2D eigenvalue weighted by Crippen LogP contribution is -2.41. The van der Waals surface area contributed by atoms with Crippen LogP contribution in [0.15, 0.2) is 24.3 Å². The fraction of sp³-hybridized carbons (Fsp3) is 0.647. The standard InChI is InChI=1S/C17H29NO4P/c1-8-21-23(20,22-9-2)17(6,7)18(19)15-12-10-14(11-13-15)16(3,4)5/h10-13H,8-9H2,1-7H3. The van der Waals surface area contributed by atoms with Gasteiger partial charge >= 0.3 is 7.60 Å². The summed E-state index contributed by atoms with van der Waals surface area (Å²) in [6.07, 6.45) is 0. The Morgan fingerprint density at radius 2 is 1.39 bits per heavy atom. The zero-order valence-corrected chi connectivity index (χ0v) is 16.1. The first-order valence-corrected chi connectivity index (χ1v) is 9.51. The molecular weight excluding hydrogens is 313 g/mol. The SMILES string of the molecule is CCOP(=O)(OCC)C(C)(C)N([O])c1ccc(C(C)(C)C)cc1. The zero-order valence-electron chi connectivity index (χ0n) is 15.3. The van der Waals surface area contributed by atoms with Crippen LogP contribution in [0.5, 0.6) is 0 Å². The molecule has 0 heterocycles. The van der Waals surface area contributed by atoms with Crippen LogP contribution >= 0.6 is 7.60 Å². The van der Waals surface area contributed by atoms with Gasteiger partial charge in [0.25, 0.3) is 0 Å². The predicted molar refractivity (Wildman–Crippen MR) is 93.2 cm³/mol. The van der Waals surface area contributed by atoms with Crippen molar-refractivity contribution in [3.63, 3.8) is 0 Å². The number of nitrogens with zero attached hydrogens (tertiary/aromatic N) is 1. The van der Waals surface area contributed by atoms with Crippen molar-refractivity contribution < 1.29 is 18.8 Å². The molecule has 0 fully saturated rings. The van der Waals surface area contributed by atoms with Crippen LogP contribution in [0.25, 0.3) is 0 Å². The summed E-state index contributed by atoms with van der Waals surface area (Å²) < 4.78 is 23.7. The van der Waals surface area contributed by atoms with Crippen LogP contribution in [-0.2, 0) is 24.2 Å². The maximum Gasteiger partial charge on any atom is 0.358 e. The molecule has 0 saturated carbocycles. The van der Waals surface area contributed by atoms with E-state index in [4.69, 9.17) is 9.05 Å². The molecule has 5 nitrogen and oxygen atoms in total. The highest BCUT2D eigenvalue weighted by atomic mass is 31.2. The van der Waals surface area contributed by atoms with Crippen LogP contribution in [0, 0.1) is 0 Å². The lowest BCUT2D eigenvalue weighted by molar-refractivity contribution is 0.0997. The highest BCUT2D eigenvalue weighted by Gasteiger charge is 2.49. The predicted octanol–water partition coefficient (Wildman–Crippen LogP) is 5.14. The average molecular weight is 342 g/mol. The molecule has 23 heavy (non-hydrogen) atoms. The van der Waals surface area contributed by atoms with Gasteiger partial charge in [-0.3, -0.25) is 4.57 Å². The van der Waals surface area contributed by atoms with Gasteiger partial charge in [0.1, 0.15) is 0 Å². The molecule has 1 radical (unpaired) electrons. The van der Waals surface area contributed by atoms with E-state index in [1.165, 1.54) is 0 Å². The first kappa shape index (κ1) is 20.2. The molecule has 6 heteroatoms. The summed E-state index contributed by atoms with van der Waals surface area (Å²) in [5, 5.41) is 12.2. The van der Waals surface area contributed by atoms with Crippen molar-refractivity contribution in [1.82, 2.24) is 0 Å². The molecule has 0 atom stereocenters. The van der Waals surface area contributed by atoms with Gasteiger partial charge < -0.3 is 9.05 Å². The van der Waals surface area contributed by atoms with E-state index in [1.807, 2.05) is 12.1 Å². The van der Waals surface area contributed by atoms with Crippen molar-refractivity contribution >= 4 is 13.3 Å². The Hall–Kier alpha value is -0.870. The van der Waals surface area contributed by atoms with E-state index in [1.54, 1.807) is 39.8 Å². The van der Waals surface area contributed by atoms with Crippen LogP contribution in [0.2, 0.25) is 0 Å². The van der Waals surface area contributed by atoms with Gasteiger partial charge in [-0.1, -0.05) is 38.1 Å². The fourth-order valence-corrected chi connectivity index (χ4v) is 3.94. The number of benzene rings is 1. The molecule has 1 aromatic carbocycles. The monoisotopic (exact) mass is 342 g/mol. The molecule has 131 valence electrons. The highest BCUT2D eigenvalue weighted by molar-refractivity contribution is 7.55. The van der Waals surface area contributed by atoms with Crippen molar-refractivity contribution in [1.29, 1.82) is 0 Å². The maximum absolute atomic E-state index is 13.0. The van der Waals surface area contributed by atoms with Crippen molar-refractivity contribution in [2.75, 3.05) is 18.3 Å². The van der Waals surface area contributed by atoms with Crippen LogP contribution in [-0.4, -0.2) is 18.5 Å². The molecule has 0 N–H and O–H groups in total. The number of hydroxylamine groups is 1. The first-order valence-electron chi connectivity index (χ1n) is 7.96. The molecule has 0 spiro atoms. The van der Waals surface area contributed by atoms with E-state index < -0.39 is 12.9 Å². The molecular formula is C17H29NO4P. The Labute approximate surface area is 140 Å². The van der Waals surface area contributed by atoms with Crippen LogP contribution in [0.4, 0.5) is 5.69 Å². The fourth-order valence-electron chi connectivity index (χ4n) is 2.22. The van der Waals surface area contributed by atoms with Crippen molar-refractivity contribution in [3.05, 3.63) is 29.8 Å². The second-order valence-corrected chi connectivity index (χ2v) is 9.52. The Balaban J connectivity index is 3.14. The van der Waals surface area contributed by atoms with Gasteiger partial charge in [0.05, 0.1) is 18.9 Å². The molecule has 0 bridgehead atoms. The smallest absolute Gasteiger partial charge is 0.307 e. The summed E-state index contributed by atoms with van der Waals surface area (Å²) in [6.45, 7) is 13.4. The molecule has 1 rings (SSSR count). The maximum atomic E-state index is 13.0. The third-order valence-electron chi connectivity index (χ3n) is 3.73. The van der Waals surface area contributed by atoms with E-state index in [-0.39, 0.29) is 18.6 Å². The number of hydrogen-bond donors (Lipinski definition) is 0. The van der Waals surface area contributed by atoms with E-state index >= 15 is 0 Å². The summed E-state index contributed by atoms with van der Waals surface area (Å²) in [4.78, 5) is 0. The molecule has 0 aliphatic carbocycles. The molecule has 0 aromatic heterocycles. The number of rotatable bonds is 7. The highest BCUT2D eigenvalue weighted by Crippen LogP contribution is 2.61. The molecule has 1 aromatic rings. The third-order valence-corrected chi connectivity index (χ3v) is 6.45. The van der Waals surface area contributed by atoms with E-state index in [2.05, 4.69) is 20.8 Å². The minimum Gasteiger partial charge on any atom is -0.307 e. The first-order chi connectivity index (χ1) is 10.5. The molecule has 0 amide bonds. The average Bonchev–Trinajstić information content (AvgIpc) is 2.46. The van der Waals surface area contributed by atoms with Gasteiger partial charge in [-0.25, -0.2) is 5.06 Å². The van der Waals surface area contributed by atoms with Gasteiger partial charge in [0.15, 0.2) is 5.28 Å². The van der Waals surface area contributed by atoms with Crippen LogP contribution < -0.4 is 5.06 Å². The summed E-state index contributed by atoms with van der Waals surface area (Å²) in [7, 11) is -3.57. The lowest BCUT2D eigenvalue weighted by atomic mass is 9.87. The van der Waals surface area contributed by atoms with Crippen molar-refractivity contribution in [2.45, 2.75) is 59.2 Å². The minimum absolute atomic E-state index is 0.00764. The van der Waals surface area contributed by atoms with Crippen molar-refractivity contribution in [2.24, 2.45) is 0 Å². The van der Waals surface area contributed by atoms with E-state index in [0.717, 1.165) is 10.6 Å². The van der Waals surface area contributed by atoms with Gasteiger partial charge in [-0.05, 0) is 50.8 Å².